The van der Waals surface area contributed by atoms with Gasteiger partial charge in [0.1, 0.15) is 0 Å². The zero-order chi connectivity index (χ0) is 13.5. The minimum atomic E-state index is -0.760. The second-order valence-electron chi connectivity index (χ2n) is 4.11. The number of hydrogen-bond acceptors (Lipinski definition) is 6. The van der Waals surface area contributed by atoms with Crippen LogP contribution in [0.25, 0.3) is 0 Å². The molecule has 0 radical (unpaired) electrons. The maximum Gasteiger partial charge on any atom is 0.413 e. The summed E-state index contributed by atoms with van der Waals surface area (Å²) < 4.78 is 9.00. The number of piperidine rings is 1. The van der Waals surface area contributed by atoms with Gasteiger partial charge in [-0.2, -0.15) is 0 Å². The molecule has 0 bridgehead atoms. The molecular weight excluding hydrogens is 240 g/mol. The number of carbonyl (C=O) groups is 3. The predicted octanol–water partition coefficient (Wildman–Crippen LogP) is -0.246. The normalized spacial score (nSPS) is 17.0. The first kappa shape index (κ1) is 14.4. The maximum absolute atomic E-state index is 11.4. The summed E-state index contributed by atoms with van der Waals surface area (Å²) in [5.74, 6) is -0.693. The van der Waals surface area contributed by atoms with E-state index in [0.717, 1.165) is 0 Å². The highest BCUT2D eigenvalue weighted by atomic mass is 16.5. The average Bonchev–Trinajstić information content (AvgIpc) is 2.38. The molecule has 1 heterocycles. The van der Waals surface area contributed by atoms with Crippen LogP contribution in [0.2, 0.25) is 0 Å². The van der Waals surface area contributed by atoms with E-state index < -0.39 is 12.0 Å². The lowest BCUT2D eigenvalue weighted by atomic mass is 9.97. The standard InChI is InChI=1S/C11H18N2O5/c1-17-10(15)8-3-5-13(6-4-8)7-9(14)12-11(16)18-2/h8H,3-7H2,1-2H3,(H,12,14,16). The number of nitrogens with one attached hydrogen (secondary N) is 1. The third-order valence-electron chi connectivity index (χ3n) is 2.92. The number of rotatable bonds is 3. The van der Waals surface area contributed by atoms with Crippen LogP contribution in [0.15, 0.2) is 0 Å². The summed E-state index contributed by atoms with van der Waals surface area (Å²) in [6, 6.07) is 0. The van der Waals surface area contributed by atoms with Gasteiger partial charge < -0.3 is 9.47 Å². The van der Waals surface area contributed by atoms with Gasteiger partial charge in [0, 0.05) is 0 Å². The molecule has 7 nitrogen and oxygen atoms in total. The molecule has 18 heavy (non-hydrogen) atoms. The van der Waals surface area contributed by atoms with E-state index in [1.165, 1.54) is 14.2 Å². The Kier molecular flexibility index (Phi) is 5.57. The van der Waals surface area contributed by atoms with Gasteiger partial charge in [-0.25, -0.2) is 4.79 Å². The fourth-order valence-corrected chi connectivity index (χ4v) is 1.90. The topological polar surface area (TPSA) is 84.9 Å². The number of amides is 2. The third kappa shape index (κ3) is 4.33. The molecule has 1 aliphatic heterocycles. The van der Waals surface area contributed by atoms with Gasteiger partial charge in [-0.1, -0.05) is 0 Å². The van der Waals surface area contributed by atoms with Gasteiger partial charge in [-0.05, 0) is 25.9 Å². The van der Waals surface area contributed by atoms with Crippen LogP contribution in [0.1, 0.15) is 12.8 Å². The molecule has 1 N–H and O–H groups in total. The molecule has 0 aromatic heterocycles. The second kappa shape index (κ2) is 6.95. The molecule has 0 spiro atoms. The second-order valence-corrected chi connectivity index (χ2v) is 4.11. The van der Waals surface area contributed by atoms with Gasteiger partial charge in [-0.15, -0.1) is 0 Å². The quantitative estimate of drug-likeness (QED) is 0.703. The monoisotopic (exact) mass is 258 g/mol. The van der Waals surface area contributed by atoms with Gasteiger partial charge in [0.25, 0.3) is 0 Å². The van der Waals surface area contributed by atoms with E-state index in [2.05, 4.69) is 14.8 Å². The average molecular weight is 258 g/mol. The largest absolute Gasteiger partial charge is 0.469 e. The Balaban J connectivity index is 2.29. The van der Waals surface area contributed by atoms with E-state index in [1.54, 1.807) is 0 Å². The lowest BCUT2D eigenvalue weighted by molar-refractivity contribution is -0.147. The molecule has 7 heteroatoms. The van der Waals surface area contributed by atoms with E-state index in [9.17, 15) is 14.4 Å². The van der Waals surface area contributed by atoms with Gasteiger partial charge >= 0.3 is 12.1 Å². The van der Waals surface area contributed by atoms with Crippen LogP contribution in [-0.4, -0.2) is 56.7 Å². The summed E-state index contributed by atoms with van der Waals surface area (Å²) in [7, 11) is 2.57. The van der Waals surface area contributed by atoms with Crippen molar-refractivity contribution in [1.82, 2.24) is 10.2 Å². The molecule has 1 saturated heterocycles. The van der Waals surface area contributed by atoms with Crippen molar-refractivity contribution in [3.63, 3.8) is 0 Å². The Labute approximate surface area is 105 Å². The summed E-state index contributed by atoms with van der Waals surface area (Å²) in [4.78, 5) is 35.4. The van der Waals surface area contributed by atoms with Crippen molar-refractivity contribution in [3.8, 4) is 0 Å². The fourth-order valence-electron chi connectivity index (χ4n) is 1.90. The molecule has 0 aromatic carbocycles. The smallest absolute Gasteiger partial charge is 0.413 e. The Morgan fingerprint density at radius 1 is 1.17 bits per heavy atom. The fraction of sp³-hybridized carbons (Fsp3) is 0.727. The lowest BCUT2D eigenvalue weighted by Gasteiger charge is -2.29. The molecule has 0 atom stereocenters. The van der Waals surface area contributed by atoms with Crippen molar-refractivity contribution in [2.45, 2.75) is 12.8 Å². The van der Waals surface area contributed by atoms with E-state index >= 15 is 0 Å². The minimum Gasteiger partial charge on any atom is -0.469 e. The summed E-state index contributed by atoms with van der Waals surface area (Å²) in [6.45, 7) is 1.39. The molecule has 0 unspecified atom stereocenters. The van der Waals surface area contributed by atoms with Crippen LogP contribution in [0, 0.1) is 5.92 Å². The minimum absolute atomic E-state index is 0.0880. The molecule has 1 rings (SSSR count). The van der Waals surface area contributed by atoms with Gasteiger partial charge in [-0.3, -0.25) is 19.8 Å². The molecular formula is C11H18N2O5. The number of nitrogens with zero attached hydrogens (tertiary/aromatic N) is 1. The van der Waals surface area contributed by atoms with Crippen molar-refractivity contribution < 1.29 is 23.9 Å². The Hall–Kier alpha value is -1.63. The van der Waals surface area contributed by atoms with Crippen molar-refractivity contribution in [3.05, 3.63) is 0 Å². The first-order valence-corrected chi connectivity index (χ1v) is 5.74. The summed E-state index contributed by atoms with van der Waals surface area (Å²) in [6.07, 6.45) is 0.570. The number of hydrogen-bond donors (Lipinski definition) is 1. The van der Waals surface area contributed by atoms with E-state index in [1.807, 2.05) is 4.90 Å². The van der Waals surface area contributed by atoms with E-state index in [0.29, 0.717) is 25.9 Å². The molecule has 1 aliphatic rings. The van der Waals surface area contributed by atoms with Gasteiger partial charge in [0.2, 0.25) is 5.91 Å². The van der Waals surface area contributed by atoms with Crippen LogP contribution in [-0.2, 0) is 19.1 Å². The Morgan fingerprint density at radius 3 is 2.28 bits per heavy atom. The molecule has 2 amide bonds. The van der Waals surface area contributed by atoms with E-state index in [-0.39, 0.29) is 18.4 Å². The molecule has 102 valence electrons. The van der Waals surface area contributed by atoms with E-state index in [4.69, 9.17) is 0 Å². The zero-order valence-corrected chi connectivity index (χ0v) is 10.6. The van der Waals surface area contributed by atoms with Crippen LogP contribution in [0.4, 0.5) is 4.79 Å². The van der Waals surface area contributed by atoms with Gasteiger partial charge in [0.05, 0.1) is 26.7 Å². The number of ether oxygens (including phenoxy) is 2. The molecule has 0 aliphatic carbocycles. The van der Waals surface area contributed by atoms with Gasteiger partial charge in [0.15, 0.2) is 0 Å². The zero-order valence-electron chi connectivity index (χ0n) is 10.6. The molecule has 0 saturated carbocycles. The van der Waals surface area contributed by atoms with Crippen LogP contribution in [0.5, 0.6) is 0 Å². The van der Waals surface area contributed by atoms with Crippen molar-refractivity contribution in [2.75, 3.05) is 33.9 Å². The molecule has 1 fully saturated rings. The van der Waals surface area contributed by atoms with Crippen molar-refractivity contribution in [1.29, 1.82) is 0 Å². The lowest BCUT2D eigenvalue weighted by Crippen LogP contribution is -2.44. The SMILES string of the molecule is COC(=O)NC(=O)CN1CCC(C(=O)OC)CC1. The summed E-state index contributed by atoms with van der Waals surface area (Å²) in [5.41, 5.74) is 0. The van der Waals surface area contributed by atoms with Crippen LogP contribution < -0.4 is 5.32 Å². The van der Waals surface area contributed by atoms with Crippen LogP contribution in [0.3, 0.4) is 0 Å². The summed E-state index contributed by atoms with van der Waals surface area (Å²) in [5, 5.41) is 2.09. The summed E-state index contributed by atoms with van der Waals surface area (Å²) >= 11 is 0. The predicted molar refractivity (Wildman–Crippen MR) is 61.7 cm³/mol. The number of carbonyl (C=O) groups excluding carboxylic acids is 3. The molecule has 0 aromatic rings. The number of imide groups is 1. The number of esters is 1. The Bertz CT molecular complexity index is 323. The highest BCUT2D eigenvalue weighted by molar-refractivity contribution is 5.92. The first-order valence-electron chi connectivity index (χ1n) is 5.74. The Morgan fingerprint density at radius 2 is 1.78 bits per heavy atom. The highest BCUT2D eigenvalue weighted by Crippen LogP contribution is 2.17. The number of likely N-dealkylation sites (tertiary alicyclic amines) is 1. The number of methoxy groups -OCH3 is 2. The van der Waals surface area contributed by atoms with Crippen LogP contribution >= 0.6 is 0 Å². The number of alkyl carbamates (subject to hydrolysis) is 1. The highest BCUT2D eigenvalue weighted by Gasteiger charge is 2.26. The van der Waals surface area contributed by atoms with Crippen molar-refractivity contribution in [2.24, 2.45) is 5.92 Å². The third-order valence-corrected chi connectivity index (χ3v) is 2.92. The maximum atomic E-state index is 11.4. The van der Waals surface area contributed by atoms with Crippen molar-refractivity contribution >= 4 is 18.0 Å². The first-order chi connectivity index (χ1) is 8.56.